The van der Waals surface area contributed by atoms with Gasteiger partial charge in [-0.25, -0.2) is 0 Å². The van der Waals surface area contributed by atoms with Gasteiger partial charge in [0.25, 0.3) is 0 Å². The summed E-state index contributed by atoms with van der Waals surface area (Å²) < 4.78 is 6.17. The zero-order valence-electron chi connectivity index (χ0n) is 10.4. The highest BCUT2D eigenvalue weighted by Gasteiger charge is 2.14. The van der Waals surface area contributed by atoms with Crippen LogP contribution in [-0.2, 0) is 0 Å². The normalized spacial score (nSPS) is 10.2. The van der Waals surface area contributed by atoms with Crippen molar-refractivity contribution in [2.24, 2.45) is 0 Å². The van der Waals surface area contributed by atoms with Crippen LogP contribution in [-0.4, -0.2) is 17.5 Å². The third kappa shape index (κ3) is 3.15. The van der Waals surface area contributed by atoms with Crippen LogP contribution in [0.15, 0.2) is 46.9 Å². The molecule has 0 unspecified atom stereocenters. The minimum atomic E-state index is -0.215. The van der Waals surface area contributed by atoms with E-state index in [1.807, 2.05) is 6.92 Å². The summed E-state index contributed by atoms with van der Waals surface area (Å²) in [5, 5.41) is 9.89. The van der Waals surface area contributed by atoms with Crippen molar-refractivity contribution in [2.75, 3.05) is 6.61 Å². The Morgan fingerprint density at radius 2 is 1.89 bits per heavy atom. The molecule has 0 radical (unpaired) electrons. The Morgan fingerprint density at radius 3 is 2.47 bits per heavy atom. The lowest BCUT2D eigenvalue weighted by Crippen LogP contribution is -2.02. The number of phenols is 1. The van der Waals surface area contributed by atoms with Crippen LogP contribution >= 0.6 is 15.9 Å². The Hall–Kier alpha value is -1.81. The molecule has 0 fully saturated rings. The molecule has 2 rings (SSSR count). The van der Waals surface area contributed by atoms with Gasteiger partial charge in [0.05, 0.1) is 12.2 Å². The number of hydrogen-bond acceptors (Lipinski definition) is 3. The first-order chi connectivity index (χ1) is 9.11. The molecule has 98 valence electrons. The van der Waals surface area contributed by atoms with Crippen molar-refractivity contribution in [3.63, 3.8) is 0 Å². The molecule has 2 aromatic carbocycles. The van der Waals surface area contributed by atoms with Gasteiger partial charge in [-0.15, -0.1) is 0 Å². The Balaban J connectivity index is 2.31. The van der Waals surface area contributed by atoms with Gasteiger partial charge in [0, 0.05) is 16.1 Å². The van der Waals surface area contributed by atoms with Crippen molar-refractivity contribution < 1.29 is 14.6 Å². The first-order valence-electron chi connectivity index (χ1n) is 5.88. The minimum Gasteiger partial charge on any atom is -0.507 e. The molecule has 0 spiro atoms. The van der Waals surface area contributed by atoms with Gasteiger partial charge in [0.15, 0.2) is 5.78 Å². The summed E-state index contributed by atoms with van der Waals surface area (Å²) in [4.78, 5) is 12.2. The first-order valence-corrected chi connectivity index (χ1v) is 6.67. The number of halogens is 1. The molecule has 0 aliphatic rings. The van der Waals surface area contributed by atoms with E-state index in [1.54, 1.807) is 36.4 Å². The van der Waals surface area contributed by atoms with Crippen molar-refractivity contribution in [3.05, 3.63) is 58.1 Å². The molecule has 0 aliphatic carbocycles. The van der Waals surface area contributed by atoms with Crippen molar-refractivity contribution >= 4 is 21.7 Å². The van der Waals surface area contributed by atoms with Crippen LogP contribution in [0, 0.1) is 0 Å². The quantitative estimate of drug-likeness (QED) is 0.872. The summed E-state index contributed by atoms with van der Waals surface area (Å²) in [6.07, 6.45) is 0. The van der Waals surface area contributed by atoms with Crippen molar-refractivity contribution in [1.82, 2.24) is 0 Å². The summed E-state index contributed by atoms with van der Waals surface area (Å²) in [7, 11) is 0. The van der Waals surface area contributed by atoms with Crippen molar-refractivity contribution in [3.8, 4) is 11.5 Å². The van der Waals surface area contributed by atoms with E-state index in [2.05, 4.69) is 15.9 Å². The Kier molecular flexibility index (Phi) is 4.22. The summed E-state index contributed by atoms with van der Waals surface area (Å²) >= 11 is 3.31. The molecule has 0 amide bonds. The van der Waals surface area contributed by atoms with Gasteiger partial charge in [-0.05, 0) is 43.3 Å². The molecule has 4 heteroatoms. The SMILES string of the molecule is CCOc1ccc(C(=O)c2ccc(Br)cc2)c(O)c1. The summed E-state index contributed by atoms with van der Waals surface area (Å²) in [6.45, 7) is 2.37. The van der Waals surface area contributed by atoms with E-state index in [0.717, 1.165) is 4.47 Å². The maximum atomic E-state index is 12.2. The molecule has 1 N–H and O–H groups in total. The van der Waals surface area contributed by atoms with E-state index < -0.39 is 0 Å². The standard InChI is InChI=1S/C15H13BrO3/c1-2-19-12-7-8-13(14(17)9-12)15(18)10-3-5-11(16)6-4-10/h3-9,17H,2H2,1H3. The fourth-order valence-electron chi connectivity index (χ4n) is 1.72. The Labute approximate surface area is 120 Å². The third-order valence-electron chi connectivity index (χ3n) is 2.63. The maximum absolute atomic E-state index is 12.2. The Bertz CT molecular complexity index is 591. The molecule has 0 saturated carbocycles. The molecule has 0 saturated heterocycles. The molecule has 0 atom stereocenters. The molecule has 3 nitrogen and oxygen atoms in total. The molecule has 0 aromatic heterocycles. The lowest BCUT2D eigenvalue weighted by Gasteiger charge is -2.07. The van der Waals surface area contributed by atoms with Crippen LogP contribution in [0.5, 0.6) is 11.5 Å². The van der Waals surface area contributed by atoms with E-state index in [-0.39, 0.29) is 17.1 Å². The number of aromatic hydroxyl groups is 1. The number of benzene rings is 2. The summed E-state index contributed by atoms with van der Waals surface area (Å²) in [5.74, 6) is 0.263. The van der Waals surface area contributed by atoms with E-state index in [4.69, 9.17) is 4.74 Å². The fraction of sp³-hybridized carbons (Fsp3) is 0.133. The number of carbonyl (C=O) groups excluding carboxylic acids is 1. The molecular weight excluding hydrogens is 308 g/mol. The largest absolute Gasteiger partial charge is 0.507 e. The lowest BCUT2D eigenvalue weighted by molar-refractivity contribution is 0.103. The number of hydrogen-bond donors (Lipinski definition) is 1. The minimum absolute atomic E-state index is 0.0705. The van der Waals surface area contributed by atoms with Gasteiger partial charge in [-0.1, -0.05) is 15.9 Å². The third-order valence-corrected chi connectivity index (χ3v) is 3.16. The van der Waals surface area contributed by atoms with Gasteiger partial charge < -0.3 is 9.84 Å². The average molecular weight is 321 g/mol. The summed E-state index contributed by atoms with van der Waals surface area (Å²) in [6, 6.07) is 11.7. The maximum Gasteiger partial charge on any atom is 0.196 e. The fourth-order valence-corrected chi connectivity index (χ4v) is 1.98. The number of carbonyl (C=O) groups is 1. The molecule has 0 aliphatic heterocycles. The number of rotatable bonds is 4. The van der Waals surface area contributed by atoms with E-state index in [0.29, 0.717) is 17.9 Å². The highest BCUT2D eigenvalue weighted by atomic mass is 79.9. The zero-order chi connectivity index (χ0) is 13.8. The predicted molar refractivity (Wildman–Crippen MR) is 76.9 cm³/mol. The number of ketones is 1. The van der Waals surface area contributed by atoms with E-state index >= 15 is 0 Å². The van der Waals surface area contributed by atoms with Crippen LogP contribution in [0.1, 0.15) is 22.8 Å². The second-order valence-electron chi connectivity index (χ2n) is 3.95. The highest BCUT2D eigenvalue weighted by Crippen LogP contribution is 2.26. The topological polar surface area (TPSA) is 46.5 Å². The van der Waals surface area contributed by atoms with Gasteiger partial charge in [-0.2, -0.15) is 0 Å². The second-order valence-corrected chi connectivity index (χ2v) is 4.86. The molecule has 2 aromatic rings. The average Bonchev–Trinajstić information content (AvgIpc) is 2.39. The van der Waals surface area contributed by atoms with Gasteiger partial charge >= 0.3 is 0 Å². The number of phenolic OH excluding ortho intramolecular Hbond substituents is 1. The Morgan fingerprint density at radius 1 is 1.21 bits per heavy atom. The van der Waals surface area contributed by atoms with Crippen LogP contribution in [0.2, 0.25) is 0 Å². The van der Waals surface area contributed by atoms with Crippen LogP contribution in [0.4, 0.5) is 0 Å². The van der Waals surface area contributed by atoms with Crippen molar-refractivity contribution in [2.45, 2.75) is 6.92 Å². The van der Waals surface area contributed by atoms with E-state index in [9.17, 15) is 9.90 Å². The van der Waals surface area contributed by atoms with Crippen LogP contribution in [0.3, 0.4) is 0 Å². The molecular formula is C15H13BrO3. The van der Waals surface area contributed by atoms with Crippen molar-refractivity contribution in [1.29, 1.82) is 0 Å². The smallest absolute Gasteiger partial charge is 0.196 e. The zero-order valence-corrected chi connectivity index (χ0v) is 12.0. The second kappa shape index (κ2) is 5.89. The van der Waals surface area contributed by atoms with Gasteiger partial charge in [0.2, 0.25) is 0 Å². The van der Waals surface area contributed by atoms with E-state index in [1.165, 1.54) is 6.07 Å². The monoisotopic (exact) mass is 320 g/mol. The van der Waals surface area contributed by atoms with Gasteiger partial charge in [-0.3, -0.25) is 4.79 Å². The molecule has 0 heterocycles. The molecule has 0 bridgehead atoms. The predicted octanol–water partition coefficient (Wildman–Crippen LogP) is 3.78. The highest BCUT2D eigenvalue weighted by molar-refractivity contribution is 9.10. The van der Waals surface area contributed by atoms with Crippen LogP contribution < -0.4 is 4.74 Å². The molecule has 19 heavy (non-hydrogen) atoms. The van der Waals surface area contributed by atoms with Crippen LogP contribution in [0.25, 0.3) is 0 Å². The van der Waals surface area contributed by atoms with Gasteiger partial charge in [0.1, 0.15) is 11.5 Å². The summed E-state index contributed by atoms with van der Waals surface area (Å²) in [5.41, 5.74) is 0.799. The number of ether oxygens (including phenoxy) is 1. The first kappa shape index (κ1) is 13.6. The lowest BCUT2D eigenvalue weighted by atomic mass is 10.0.